The number of piperidine rings is 1. The van der Waals surface area contributed by atoms with Gasteiger partial charge in [0.25, 0.3) is 0 Å². The average molecular weight is 297 g/mol. The van der Waals surface area contributed by atoms with Crippen molar-refractivity contribution in [2.24, 2.45) is 0 Å². The van der Waals surface area contributed by atoms with E-state index in [1.165, 1.54) is 7.11 Å². The molecule has 0 aromatic carbocycles. The number of carbonyl (C=O) groups is 2. The van der Waals surface area contributed by atoms with Crippen molar-refractivity contribution >= 4 is 11.9 Å². The maximum Gasteiger partial charge on any atom is 0.330 e. The van der Waals surface area contributed by atoms with Crippen LogP contribution in [0.25, 0.3) is 0 Å². The molecule has 0 aromatic heterocycles. The normalized spacial score (nSPS) is 24.8. The summed E-state index contributed by atoms with van der Waals surface area (Å²) in [4.78, 5) is 26.6. The van der Waals surface area contributed by atoms with Crippen molar-refractivity contribution in [1.82, 2.24) is 15.5 Å². The maximum absolute atomic E-state index is 12.6. The van der Waals surface area contributed by atoms with Gasteiger partial charge in [0.1, 0.15) is 5.54 Å². The lowest BCUT2D eigenvalue weighted by Crippen LogP contribution is -2.57. The van der Waals surface area contributed by atoms with Gasteiger partial charge in [-0.25, -0.2) is 4.79 Å². The van der Waals surface area contributed by atoms with E-state index < -0.39 is 11.5 Å². The third kappa shape index (κ3) is 3.74. The van der Waals surface area contributed by atoms with E-state index in [1.807, 2.05) is 0 Å². The van der Waals surface area contributed by atoms with Crippen molar-refractivity contribution in [3.8, 4) is 0 Å². The van der Waals surface area contributed by atoms with E-state index in [-0.39, 0.29) is 11.9 Å². The Kier molecular flexibility index (Phi) is 5.22. The van der Waals surface area contributed by atoms with Gasteiger partial charge < -0.3 is 15.4 Å². The Labute approximate surface area is 126 Å². The first-order valence-corrected chi connectivity index (χ1v) is 7.82. The molecular formula is C15H27N3O3. The molecule has 2 saturated heterocycles. The summed E-state index contributed by atoms with van der Waals surface area (Å²) in [5.41, 5.74) is -0.978. The van der Waals surface area contributed by atoms with Crippen LogP contribution in [0.1, 0.15) is 39.5 Å². The van der Waals surface area contributed by atoms with Crippen LogP contribution in [0.15, 0.2) is 0 Å². The fourth-order valence-electron chi connectivity index (χ4n) is 3.34. The van der Waals surface area contributed by atoms with Crippen molar-refractivity contribution in [3.63, 3.8) is 0 Å². The summed E-state index contributed by atoms with van der Waals surface area (Å²) in [7, 11) is 1.34. The Morgan fingerprint density at radius 3 is 2.52 bits per heavy atom. The smallest absolute Gasteiger partial charge is 0.330 e. The predicted molar refractivity (Wildman–Crippen MR) is 79.9 cm³/mol. The minimum absolute atomic E-state index is 0.0542. The van der Waals surface area contributed by atoms with E-state index in [9.17, 15) is 9.59 Å². The Bertz CT molecular complexity index is 392. The van der Waals surface area contributed by atoms with Crippen molar-refractivity contribution in [1.29, 1.82) is 0 Å². The lowest BCUT2D eigenvalue weighted by molar-refractivity contribution is -0.150. The van der Waals surface area contributed by atoms with Gasteiger partial charge in [-0.15, -0.1) is 0 Å². The number of methoxy groups -OCH3 is 1. The standard InChI is InChI=1S/C15H27N3O3/c1-15(2,14(20)21-3)17-13(19)12-5-4-10-18(12)11-6-8-16-9-7-11/h11-12,16H,4-10H2,1-3H3,(H,17,19). The summed E-state index contributed by atoms with van der Waals surface area (Å²) < 4.78 is 4.75. The van der Waals surface area contributed by atoms with Gasteiger partial charge in [-0.1, -0.05) is 0 Å². The zero-order chi connectivity index (χ0) is 15.5. The molecule has 2 fully saturated rings. The number of amides is 1. The molecule has 0 spiro atoms. The first-order valence-electron chi connectivity index (χ1n) is 7.82. The zero-order valence-electron chi connectivity index (χ0n) is 13.3. The fourth-order valence-corrected chi connectivity index (χ4v) is 3.34. The number of rotatable bonds is 4. The maximum atomic E-state index is 12.6. The third-order valence-corrected chi connectivity index (χ3v) is 4.51. The lowest BCUT2D eigenvalue weighted by Gasteiger charge is -2.36. The summed E-state index contributed by atoms with van der Waals surface area (Å²) in [6.07, 6.45) is 4.09. The number of esters is 1. The van der Waals surface area contributed by atoms with Gasteiger partial charge in [0.05, 0.1) is 13.2 Å². The van der Waals surface area contributed by atoms with Crippen LogP contribution in [0.4, 0.5) is 0 Å². The lowest BCUT2D eigenvalue weighted by atomic mass is 10.0. The monoisotopic (exact) mass is 297 g/mol. The second kappa shape index (κ2) is 6.75. The SMILES string of the molecule is COC(=O)C(C)(C)NC(=O)C1CCCN1C1CCNCC1. The number of nitrogens with one attached hydrogen (secondary N) is 2. The van der Waals surface area contributed by atoms with E-state index in [2.05, 4.69) is 15.5 Å². The average Bonchev–Trinajstić information content (AvgIpc) is 2.96. The van der Waals surface area contributed by atoms with Crippen LogP contribution in [-0.4, -0.2) is 61.1 Å². The highest BCUT2D eigenvalue weighted by Crippen LogP contribution is 2.25. The molecule has 21 heavy (non-hydrogen) atoms. The van der Waals surface area contributed by atoms with Gasteiger partial charge >= 0.3 is 5.97 Å². The fraction of sp³-hybridized carbons (Fsp3) is 0.867. The van der Waals surface area contributed by atoms with Gasteiger partial charge in [-0.05, 0) is 59.2 Å². The minimum atomic E-state index is -0.978. The van der Waals surface area contributed by atoms with E-state index in [1.54, 1.807) is 13.8 Å². The van der Waals surface area contributed by atoms with Gasteiger partial charge in [-0.3, -0.25) is 9.69 Å². The molecule has 0 radical (unpaired) electrons. The quantitative estimate of drug-likeness (QED) is 0.729. The van der Waals surface area contributed by atoms with Crippen LogP contribution in [0.2, 0.25) is 0 Å². The Hall–Kier alpha value is -1.14. The molecule has 6 heteroatoms. The molecule has 1 unspecified atom stereocenters. The molecule has 2 aliphatic heterocycles. The number of ether oxygens (including phenoxy) is 1. The molecule has 1 amide bonds. The zero-order valence-corrected chi connectivity index (χ0v) is 13.3. The Morgan fingerprint density at radius 1 is 1.24 bits per heavy atom. The third-order valence-electron chi connectivity index (χ3n) is 4.51. The van der Waals surface area contributed by atoms with Gasteiger partial charge in [-0.2, -0.15) is 0 Å². The number of hydrogen-bond donors (Lipinski definition) is 2. The first-order chi connectivity index (χ1) is 9.95. The number of carbonyl (C=O) groups excluding carboxylic acids is 2. The van der Waals surface area contributed by atoms with Gasteiger partial charge in [0, 0.05) is 6.04 Å². The molecule has 0 saturated carbocycles. The molecule has 2 aliphatic rings. The molecule has 0 aliphatic carbocycles. The Balaban J connectivity index is 1.98. The van der Waals surface area contributed by atoms with Crippen LogP contribution >= 0.6 is 0 Å². The number of nitrogens with zero attached hydrogens (tertiary/aromatic N) is 1. The number of hydrogen-bond acceptors (Lipinski definition) is 5. The summed E-state index contributed by atoms with van der Waals surface area (Å²) in [6, 6.07) is 0.364. The molecule has 2 N–H and O–H groups in total. The molecule has 0 aromatic rings. The van der Waals surface area contributed by atoms with Gasteiger partial charge in [0.15, 0.2) is 0 Å². The van der Waals surface area contributed by atoms with E-state index in [0.717, 1.165) is 45.3 Å². The summed E-state index contributed by atoms with van der Waals surface area (Å²) >= 11 is 0. The van der Waals surface area contributed by atoms with Crippen LogP contribution in [-0.2, 0) is 14.3 Å². The predicted octanol–water partition coefficient (Wildman–Crippen LogP) is 0.271. The highest BCUT2D eigenvalue weighted by molar-refractivity contribution is 5.89. The molecule has 2 heterocycles. The van der Waals surface area contributed by atoms with Crippen LogP contribution in [0.3, 0.4) is 0 Å². The first kappa shape index (κ1) is 16.2. The summed E-state index contributed by atoms with van der Waals surface area (Å²) in [6.45, 7) is 6.37. The molecule has 6 nitrogen and oxygen atoms in total. The molecule has 0 bridgehead atoms. The van der Waals surface area contributed by atoms with Crippen molar-refractivity contribution in [3.05, 3.63) is 0 Å². The van der Waals surface area contributed by atoms with Crippen LogP contribution < -0.4 is 10.6 Å². The summed E-state index contributed by atoms with van der Waals surface area (Å²) in [5.74, 6) is -0.469. The van der Waals surface area contributed by atoms with Crippen molar-refractivity contribution < 1.29 is 14.3 Å². The van der Waals surface area contributed by atoms with E-state index >= 15 is 0 Å². The second-order valence-electron chi connectivity index (χ2n) is 6.48. The minimum Gasteiger partial charge on any atom is -0.467 e. The van der Waals surface area contributed by atoms with Crippen LogP contribution in [0.5, 0.6) is 0 Å². The molecule has 1 atom stereocenters. The second-order valence-corrected chi connectivity index (χ2v) is 6.48. The largest absolute Gasteiger partial charge is 0.467 e. The highest BCUT2D eigenvalue weighted by Gasteiger charge is 2.39. The molecular weight excluding hydrogens is 270 g/mol. The van der Waals surface area contributed by atoms with E-state index in [4.69, 9.17) is 4.74 Å². The van der Waals surface area contributed by atoms with Crippen LogP contribution in [0, 0.1) is 0 Å². The number of likely N-dealkylation sites (tertiary alicyclic amines) is 1. The highest BCUT2D eigenvalue weighted by atomic mass is 16.5. The summed E-state index contributed by atoms with van der Waals surface area (Å²) in [5, 5.41) is 6.20. The van der Waals surface area contributed by atoms with Crippen molar-refractivity contribution in [2.75, 3.05) is 26.7 Å². The van der Waals surface area contributed by atoms with Crippen molar-refractivity contribution in [2.45, 2.75) is 57.2 Å². The van der Waals surface area contributed by atoms with E-state index in [0.29, 0.717) is 6.04 Å². The Morgan fingerprint density at radius 2 is 1.90 bits per heavy atom. The van der Waals surface area contributed by atoms with Gasteiger partial charge in [0.2, 0.25) is 5.91 Å². The molecule has 120 valence electrons. The topological polar surface area (TPSA) is 70.7 Å². The molecule has 2 rings (SSSR count).